The summed E-state index contributed by atoms with van der Waals surface area (Å²) in [6.07, 6.45) is 5.35. The molecule has 2 rings (SSSR count). The lowest BCUT2D eigenvalue weighted by Crippen LogP contribution is -2.42. The number of aliphatic imine (C=N–C) groups is 1. The second-order valence-corrected chi connectivity index (χ2v) is 6.97. The Bertz CT molecular complexity index is 871. The highest BCUT2D eigenvalue weighted by molar-refractivity contribution is 7.09. The van der Waals surface area contributed by atoms with Crippen molar-refractivity contribution < 1.29 is 9.53 Å². The lowest BCUT2D eigenvalue weighted by Gasteiger charge is -2.21. The molecule has 0 aliphatic rings. The molecule has 1 aromatic heterocycles. The summed E-state index contributed by atoms with van der Waals surface area (Å²) < 4.78 is 5.29. The summed E-state index contributed by atoms with van der Waals surface area (Å²) >= 11 is 1.56. The lowest BCUT2D eigenvalue weighted by atomic mass is 10.2. The molecule has 2 N–H and O–H groups in total. The van der Waals surface area contributed by atoms with Crippen LogP contribution in [0.5, 0.6) is 0 Å². The third kappa shape index (κ3) is 6.08. The second-order valence-electron chi connectivity index (χ2n) is 6.09. The number of ether oxygens (including phenoxy) is 1. The summed E-state index contributed by atoms with van der Waals surface area (Å²) in [7, 11) is 5.23. The molecule has 28 heavy (non-hydrogen) atoms. The normalized spacial score (nSPS) is 12.2. The number of hydrogen-bond donors (Lipinski definition) is 2. The number of guanidine groups is 1. The SMILES string of the molecule is C#Cc1cccc(NC(=O)CNC(=NC)N(C)Cc2csc(C(C)OC)n2)c1. The van der Waals surface area contributed by atoms with Gasteiger partial charge in [-0.2, -0.15) is 0 Å². The van der Waals surface area contributed by atoms with Gasteiger partial charge in [0.1, 0.15) is 11.1 Å². The molecule has 0 fully saturated rings. The number of nitrogens with zero attached hydrogens (tertiary/aromatic N) is 3. The van der Waals surface area contributed by atoms with Crippen LogP contribution in [0.15, 0.2) is 34.6 Å². The number of benzene rings is 1. The molecule has 148 valence electrons. The van der Waals surface area contributed by atoms with E-state index in [2.05, 4.69) is 26.5 Å². The number of anilines is 1. The molecule has 1 amide bonds. The van der Waals surface area contributed by atoms with E-state index in [0.29, 0.717) is 23.8 Å². The fraction of sp³-hybridized carbons (Fsp3) is 0.350. The number of methoxy groups -OCH3 is 1. The minimum absolute atomic E-state index is 0.0295. The number of hydrogen-bond acceptors (Lipinski definition) is 5. The van der Waals surface area contributed by atoms with E-state index in [1.807, 2.05) is 30.3 Å². The smallest absolute Gasteiger partial charge is 0.243 e. The maximum Gasteiger partial charge on any atom is 0.243 e. The maximum atomic E-state index is 12.2. The van der Waals surface area contributed by atoms with Crippen LogP contribution in [0.3, 0.4) is 0 Å². The van der Waals surface area contributed by atoms with E-state index in [1.54, 1.807) is 43.7 Å². The van der Waals surface area contributed by atoms with Crippen LogP contribution in [-0.4, -0.2) is 49.5 Å². The number of thiazole rings is 1. The molecule has 0 aliphatic carbocycles. The molecule has 1 heterocycles. The van der Waals surface area contributed by atoms with Gasteiger partial charge < -0.3 is 20.3 Å². The quantitative estimate of drug-likeness (QED) is 0.425. The number of aromatic nitrogens is 1. The first-order valence-corrected chi connectivity index (χ1v) is 9.60. The highest BCUT2D eigenvalue weighted by Crippen LogP contribution is 2.20. The molecule has 0 saturated carbocycles. The van der Waals surface area contributed by atoms with Gasteiger partial charge in [0.2, 0.25) is 5.91 Å². The van der Waals surface area contributed by atoms with Crippen LogP contribution in [0.25, 0.3) is 0 Å². The monoisotopic (exact) mass is 399 g/mol. The average Bonchev–Trinajstić information content (AvgIpc) is 3.16. The minimum Gasteiger partial charge on any atom is -0.375 e. The van der Waals surface area contributed by atoms with Crippen LogP contribution in [0, 0.1) is 12.3 Å². The van der Waals surface area contributed by atoms with E-state index in [9.17, 15) is 4.79 Å². The van der Waals surface area contributed by atoms with Crippen molar-refractivity contribution in [3.05, 3.63) is 45.9 Å². The third-order valence-corrected chi connectivity index (χ3v) is 5.02. The fourth-order valence-corrected chi connectivity index (χ4v) is 3.28. The first-order chi connectivity index (χ1) is 13.5. The van der Waals surface area contributed by atoms with E-state index >= 15 is 0 Å². The van der Waals surface area contributed by atoms with Gasteiger partial charge in [0.05, 0.1) is 18.8 Å². The molecule has 0 aliphatic heterocycles. The standard InChI is InChI=1S/C20H25N5O2S/c1-6-15-8-7-9-16(10-15)23-18(26)11-22-20(21-3)25(4)12-17-13-28-19(24-17)14(2)27-5/h1,7-10,13-14H,11-12H2,2-5H3,(H,21,22)(H,23,26). The molecular weight excluding hydrogens is 374 g/mol. The molecule has 0 radical (unpaired) electrons. The minimum atomic E-state index is -0.186. The van der Waals surface area contributed by atoms with E-state index in [4.69, 9.17) is 11.2 Å². The van der Waals surface area contributed by atoms with Crippen molar-refractivity contribution >= 4 is 28.9 Å². The Hall–Kier alpha value is -2.89. The maximum absolute atomic E-state index is 12.2. The van der Waals surface area contributed by atoms with Crippen LogP contribution < -0.4 is 10.6 Å². The molecule has 1 aromatic carbocycles. The highest BCUT2D eigenvalue weighted by Gasteiger charge is 2.13. The Labute approximate surface area is 169 Å². The number of nitrogens with one attached hydrogen (secondary N) is 2. The summed E-state index contributed by atoms with van der Waals surface area (Å²) in [5.74, 6) is 2.96. The lowest BCUT2D eigenvalue weighted by molar-refractivity contribution is -0.115. The summed E-state index contributed by atoms with van der Waals surface area (Å²) in [5.41, 5.74) is 2.30. The zero-order valence-electron chi connectivity index (χ0n) is 16.5. The molecule has 2 aromatic rings. The zero-order chi connectivity index (χ0) is 20.5. The van der Waals surface area contributed by atoms with Gasteiger partial charge in [-0.3, -0.25) is 9.79 Å². The predicted octanol–water partition coefficient (Wildman–Crippen LogP) is 2.48. The van der Waals surface area contributed by atoms with Gasteiger partial charge in [0.25, 0.3) is 0 Å². The fourth-order valence-electron chi connectivity index (χ4n) is 2.44. The Morgan fingerprint density at radius 2 is 2.29 bits per heavy atom. The molecule has 0 spiro atoms. The number of rotatable bonds is 7. The largest absolute Gasteiger partial charge is 0.375 e. The van der Waals surface area contributed by atoms with Gasteiger partial charge in [0, 0.05) is 37.8 Å². The predicted molar refractivity (Wildman–Crippen MR) is 113 cm³/mol. The number of carbonyl (C=O) groups excluding carboxylic acids is 1. The summed E-state index contributed by atoms with van der Waals surface area (Å²) in [5, 5.41) is 8.80. The van der Waals surface area contributed by atoms with Gasteiger partial charge in [-0.1, -0.05) is 12.0 Å². The second kappa shape index (κ2) is 10.4. The Balaban J connectivity index is 1.88. The van der Waals surface area contributed by atoms with Gasteiger partial charge in [0.15, 0.2) is 5.96 Å². The number of amides is 1. The van der Waals surface area contributed by atoms with E-state index in [1.165, 1.54) is 0 Å². The molecule has 0 bridgehead atoms. The van der Waals surface area contributed by atoms with Crippen LogP contribution >= 0.6 is 11.3 Å². The molecule has 1 unspecified atom stereocenters. The van der Waals surface area contributed by atoms with Crippen LogP contribution in [0.4, 0.5) is 5.69 Å². The average molecular weight is 400 g/mol. The Morgan fingerprint density at radius 1 is 1.50 bits per heavy atom. The molecule has 8 heteroatoms. The van der Waals surface area contributed by atoms with Crippen LogP contribution in [-0.2, 0) is 16.1 Å². The third-order valence-electron chi connectivity index (χ3n) is 3.96. The first kappa shape index (κ1) is 21.4. The molecule has 0 saturated heterocycles. The topological polar surface area (TPSA) is 78.9 Å². The van der Waals surface area contributed by atoms with Crippen molar-refractivity contribution in [3.63, 3.8) is 0 Å². The van der Waals surface area contributed by atoms with Crippen molar-refractivity contribution in [2.45, 2.75) is 19.6 Å². The van der Waals surface area contributed by atoms with Crippen molar-refractivity contribution in [1.82, 2.24) is 15.2 Å². The van der Waals surface area contributed by atoms with Crippen molar-refractivity contribution in [3.8, 4) is 12.3 Å². The summed E-state index contributed by atoms with van der Waals surface area (Å²) in [6, 6.07) is 7.15. The van der Waals surface area contributed by atoms with E-state index < -0.39 is 0 Å². The molecule has 7 nitrogen and oxygen atoms in total. The van der Waals surface area contributed by atoms with Crippen molar-refractivity contribution in [2.75, 3.05) is 33.1 Å². The highest BCUT2D eigenvalue weighted by atomic mass is 32.1. The van der Waals surface area contributed by atoms with E-state index in [-0.39, 0.29) is 18.6 Å². The zero-order valence-corrected chi connectivity index (χ0v) is 17.3. The van der Waals surface area contributed by atoms with Crippen molar-refractivity contribution in [2.24, 2.45) is 4.99 Å². The van der Waals surface area contributed by atoms with Gasteiger partial charge in [-0.25, -0.2) is 4.98 Å². The Kier molecular flexibility index (Phi) is 7.99. The van der Waals surface area contributed by atoms with Crippen LogP contribution in [0.1, 0.15) is 29.3 Å². The Morgan fingerprint density at radius 3 is 2.96 bits per heavy atom. The molecule has 1 atom stereocenters. The van der Waals surface area contributed by atoms with Crippen LogP contribution in [0.2, 0.25) is 0 Å². The number of terminal acetylenes is 1. The van der Waals surface area contributed by atoms with E-state index in [0.717, 1.165) is 10.7 Å². The van der Waals surface area contributed by atoms with Gasteiger partial charge in [-0.15, -0.1) is 17.8 Å². The van der Waals surface area contributed by atoms with Gasteiger partial charge >= 0.3 is 0 Å². The van der Waals surface area contributed by atoms with Gasteiger partial charge in [-0.05, 0) is 25.1 Å². The summed E-state index contributed by atoms with van der Waals surface area (Å²) in [6.45, 7) is 2.61. The summed E-state index contributed by atoms with van der Waals surface area (Å²) in [4.78, 5) is 22.9. The number of carbonyl (C=O) groups is 1. The van der Waals surface area contributed by atoms with Crippen molar-refractivity contribution in [1.29, 1.82) is 0 Å². The molecular formula is C20H25N5O2S. The first-order valence-electron chi connectivity index (χ1n) is 8.72.